The maximum absolute atomic E-state index is 12.6. The number of sulfonamides is 1. The highest BCUT2D eigenvalue weighted by Gasteiger charge is 2.43. The Morgan fingerprint density at radius 1 is 1.21 bits per heavy atom. The number of halogens is 2. The van der Waals surface area contributed by atoms with Crippen molar-refractivity contribution in [1.82, 2.24) is 9.62 Å². The molecule has 3 atom stereocenters. The van der Waals surface area contributed by atoms with Crippen molar-refractivity contribution in [2.75, 3.05) is 19.7 Å². The molecule has 1 aromatic rings. The summed E-state index contributed by atoms with van der Waals surface area (Å²) in [6, 6.07) is 4.64. The zero-order chi connectivity index (χ0) is 16.9. The average molecular weight is 391 g/mol. The summed E-state index contributed by atoms with van der Waals surface area (Å²) >= 11 is 12.0. The van der Waals surface area contributed by atoms with Gasteiger partial charge in [0, 0.05) is 30.2 Å². The van der Waals surface area contributed by atoms with E-state index in [9.17, 15) is 8.42 Å². The Kier molecular flexibility index (Phi) is 4.56. The van der Waals surface area contributed by atoms with Crippen LogP contribution < -0.4 is 4.72 Å². The van der Waals surface area contributed by atoms with E-state index in [4.69, 9.17) is 27.9 Å². The van der Waals surface area contributed by atoms with E-state index in [2.05, 4.69) is 9.62 Å². The van der Waals surface area contributed by atoms with E-state index >= 15 is 0 Å². The molecule has 132 valence electrons. The maximum Gasteiger partial charge on any atom is 0.242 e. The highest BCUT2D eigenvalue weighted by molar-refractivity contribution is 7.89. The summed E-state index contributed by atoms with van der Waals surface area (Å²) in [5, 5.41) is 0.532. The molecular weight excluding hydrogens is 371 g/mol. The molecule has 3 fully saturated rings. The average Bonchev–Trinajstić information content (AvgIpc) is 3.29. The third-order valence-electron chi connectivity index (χ3n) is 5.10. The van der Waals surface area contributed by atoms with E-state index in [1.165, 1.54) is 25.0 Å². The molecule has 2 heterocycles. The predicted octanol–water partition coefficient (Wildman–Crippen LogP) is 2.52. The predicted molar refractivity (Wildman–Crippen MR) is 93.0 cm³/mol. The quantitative estimate of drug-likeness (QED) is 0.857. The van der Waals surface area contributed by atoms with Crippen LogP contribution in [0.3, 0.4) is 0 Å². The van der Waals surface area contributed by atoms with Crippen LogP contribution in [0.4, 0.5) is 0 Å². The van der Waals surface area contributed by atoms with Crippen LogP contribution >= 0.6 is 23.2 Å². The molecule has 0 bridgehead atoms. The summed E-state index contributed by atoms with van der Waals surface area (Å²) in [5.74, 6) is 0.701. The van der Waals surface area contributed by atoms with Crippen molar-refractivity contribution in [2.45, 2.75) is 42.3 Å². The molecule has 0 aromatic heterocycles. The Morgan fingerprint density at radius 3 is 2.75 bits per heavy atom. The minimum Gasteiger partial charge on any atom is -0.375 e. The summed E-state index contributed by atoms with van der Waals surface area (Å²) in [6.07, 6.45) is 3.59. The SMILES string of the molecule is O=S(=O)(N[C@H]1C[C@H]2CO[C@@H](C3CC3)CN2C1)c1cc(Cl)ccc1Cl. The molecule has 1 aliphatic carbocycles. The van der Waals surface area contributed by atoms with Crippen molar-refractivity contribution < 1.29 is 13.2 Å². The maximum atomic E-state index is 12.6. The van der Waals surface area contributed by atoms with Gasteiger partial charge in [0.2, 0.25) is 10.0 Å². The Bertz CT molecular complexity index is 739. The normalized spacial score (nSPS) is 31.2. The van der Waals surface area contributed by atoms with Crippen LogP contribution in [0.1, 0.15) is 19.3 Å². The Labute approximate surface area is 152 Å². The molecule has 8 heteroatoms. The van der Waals surface area contributed by atoms with Crippen molar-refractivity contribution in [2.24, 2.45) is 5.92 Å². The molecule has 1 saturated carbocycles. The molecular formula is C16H20Cl2N2O3S. The summed E-state index contributed by atoms with van der Waals surface area (Å²) in [6.45, 7) is 2.32. The Hall–Kier alpha value is -0.370. The van der Waals surface area contributed by atoms with Gasteiger partial charge in [0.25, 0.3) is 0 Å². The van der Waals surface area contributed by atoms with Gasteiger partial charge in [-0.2, -0.15) is 0 Å². The number of rotatable bonds is 4. The van der Waals surface area contributed by atoms with Gasteiger partial charge in [-0.3, -0.25) is 4.90 Å². The van der Waals surface area contributed by atoms with Gasteiger partial charge < -0.3 is 4.74 Å². The molecule has 1 N–H and O–H groups in total. The zero-order valence-corrected chi connectivity index (χ0v) is 15.4. The molecule has 1 aromatic carbocycles. The van der Waals surface area contributed by atoms with Crippen molar-refractivity contribution in [3.05, 3.63) is 28.2 Å². The first-order chi connectivity index (χ1) is 11.4. The van der Waals surface area contributed by atoms with Crippen LogP contribution in [0.15, 0.2) is 23.1 Å². The van der Waals surface area contributed by atoms with Gasteiger partial charge in [-0.05, 0) is 43.4 Å². The molecule has 5 nitrogen and oxygen atoms in total. The second-order valence-electron chi connectivity index (χ2n) is 6.95. The lowest BCUT2D eigenvalue weighted by Gasteiger charge is -2.35. The summed E-state index contributed by atoms with van der Waals surface area (Å²) in [5.41, 5.74) is 0. The number of hydrogen-bond donors (Lipinski definition) is 1. The summed E-state index contributed by atoms with van der Waals surface area (Å²) in [7, 11) is -3.69. The Balaban J connectivity index is 1.45. The molecule has 0 radical (unpaired) electrons. The number of nitrogens with zero attached hydrogens (tertiary/aromatic N) is 1. The standard InChI is InChI=1S/C16H20Cl2N2O3S/c17-11-3-4-14(18)16(5-11)24(21,22)19-12-6-13-9-23-15(10-1-2-10)8-20(13)7-12/h3-5,10,12-13,15,19H,1-2,6-9H2/t12-,13-,15+/m0/s1. The van der Waals surface area contributed by atoms with E-state index < -0.39 is 10.0 Å². The lowest BCUT2D eigenvalue weighted by Crippen LogP contribution is -2.47. The van der Waals surface area contributed by atoms with Crippen molar-refractivity contribution in [3.63, 3.8) is 0 Å². The number of hydrogen-bond acceptors (Lipinski definition) is 4. The highest BCUT2D eigenvalue weighted by Crippen LogP contribution is 2.38. The summed E-state index contributed by atoms with van der Waals surface area (Å²) in [4.78, 5) is 2.40. The van der Waals surface area contributed by atoms with Crippen LogP contribution in [-0.2, 0) is 14.8 Å². The molecule has 0 spiro atoms. The van der Waals surface area contributed by atoms with Gasteiger partial charge in [-0.1, -0.05) is 23.2 Å². The number of ether oxygens (including phenoxy) is 1. The molecule has 0 unspecified atom stereocenters. The van der Waals surface area contributed by atoms with Crippen LogP contribution in [-0.4, -0.2) is 51.2 Å². The van der Waals surface area contributed by atoms with Gasteiger partial charge in [0.1, 0.15) is 4.90 Å². The van der Waals surface area contributed by atoms with Gasteiger partial charge in [-0.25, -0.2) is 13.1 Å². The van der Waals surface area contributed by atoms with Crippen molar-refractivity contribution >= 4 is 33.2 Å². The van der Waals surface area contributed by atoms with Crippen molar-refractivity contribution in [1.29, 1.82) is 0 Å². The fourth-order valence-corrected chi connectivity index (χ4v) is 5.71. The van der Waals surface area contributed by atoms with Crippen molar-refractivity contribution in [3.8, 4) is 0 Å². The minimum atomic E-state index is -3.69. The lowest BCUT2D eigenvalue weighted by molar-refractivity contribution is -0.0581. The highest BCUT2D eigenvalue weighted by atomic mass is 35.5. The van der Waals surface area contributed by atoms with Crippen LogP contribution in [0, 0.1) is 5.92 Å². The van der Waals surface area contributed by atoms with Crippen LogP contribution in [0.25, 0.3) is 0 Å². The fourth-order valence-electron chi connectivity index (χ4n) is 3.70. The number of morpholine rings is 1. The largest absolute Gasteiger partial charge is 0.375 e. The van der Waals surface area contributed by atoms with Gasteiger partial charge in [-0.15, -0.1) is 0 Å². The van der Waals surface area contributed by atoms with E-state index in [0.29, 0.717) is 36.2 Å². The van der Waals surface area contributed by atoms with Crippen LogP contribution in [0.2, 0.25) is 10.0 Å². The monoisotopic (exact) mass is 390 g/mol. The third kappa shape index (κ3) is 3.45. The van der Waals surface area contributed by atoms with E-state index in [1.54, 1.807) is 6.07 Å². The van der Waals surface area contributed by atoms with E-state index in [0.717, 1.165) is 13.0 Å². The van der Waals surface area contributed by atoms with E-state index in [-0.39, 0.29) is 16.0 Å². The van der Waals surface area contributed by atoms with Gasteiger partial charge >= 0.3 is 0 Å². The Morgan fingerprint density at radius 2 is 2.00 bits per heavy atom. The fraction of sp³-hybridized carbons (Fsp3) is 0.625. The number of benzene rings is 1. The first-order valence-corrected chi connectivity index (χ1v) is 10.5. The molecule has 3 aliphatic rings. The first kappa shape index (κ1) is 17.1. The molecule has 4 rings (SSSR count). The van der Waals surface area contributed by atoms with Crippen LogP contribution in [0.5, 0.6) is 0 Å². The lowest BCUT2D eigenvalue weighted by atomic mass is 10.1. The smallest absolute Gasteiger partial charge is 0.242 e. The molecule has 2 aliphatic heterocycles. The third-order valence-corrected chi connectivity index (χ3v) is 7.33. The first-order valence-electron chi connectivity index (χ1n) is 8.25. The molecule has 0 amide bonds. The topological polar surface area (TPSA) is 58.6 Å². The number of fused-ring (bicyclic) bond motifs is 1. The van der Waals surface area contributed by atoms with Gasteiger partial charge in [0.05, 0.1) is 17.7 Å². The second kappa shape index (κ2) is 6.41. The minimum absolute atomic E-state index is 0.0358. The number of nitrogens with one attached hydrogen (secondary N) is 1. The molecule has 2 saturated heterocycles. The zero-order valence-electron chi connectivity index (χ0n) is 13.1. The summed E-state index contributed by atoms with van der Waals surface area (Å²) < 4.78 is 34.0. The van der Waals surface area contributed by atoms with E-state index in [1.807, 2.05) is 0 Å². The molecule has 24 heavy (non-hydrogen) atoms. The second-order valence-corrected chi connectivity index (χ2v) is 9.47. The van der Waals surface area contributed by atoms with Gasteiger partial charge in [0.15, 0.2) is 0 Å².